The number of hydrogen-bond donors (Lipinski definition) is 3. The zero-order valence-corrected chi connectivity index (χ0v) is 23.0. The molecule has 1 atom stereocenters. The number of aromatic nitrogens is 5. The Kier molecular flexibility index (Phi) is 8.95. The Balaban J connectivity index is 0.000000541. The highest BCUT2D eigenvalue weighted by atomic mass is 32.2. The fraction of sp³-hybridized carbons (Fsp3) is 0.148. The number of nitrogens with one attached hydrogen (secondary N) is 2. The number of carboxylic acid groups (broad SMARTS) is 1. The van der Waals surface area contributed by atoms with Gasteiger partial charge in [0.2, 0.25) is 0 Å². The summed E-state index contributed by atoms with van der Waals surface area (Å²) in [5.41, 5.74) is 3.23. The van der Waals surface area contributed by atoms with Crippen LogP contribution in [0.4, 0.5) is 18.9 Å². The maximum absolute atomic E-state index is 13.1. The van der Waals surface area contributed by atoms with Crippen molar-refractivity contribution in [1.82, 2.24) is 24.7 Å². The molecule has 16 heteroatoms. The minimum Gasteiger partial charge on any atom is -0.497 e. The molecule has 43 heavy (non-hydrogen) atoms. The van der Waals surface area contributed by atoms with Gasteiger partial charge in [-0.25, -0.2) is 23.2 Å². The summed E-state index contributed by atoms with van der Waals surface area (Å²) in [5.74, 6) is -2.13. The lowest BCUT2D eigenvalue weighted by Gasteiger charge is -2.16. The van der Waals surface area contributed by atoms with Crippen LogP contribution in [-0.2, 0) is 14.8 Å². The summed E-state index contributed by atoms with van der Waals surface area (Å²) in [6, 6.07) is 16.7. The van der Waals surface area contributed by atoms with Gasteiger partial charge >= 0.3 is 12.1 Å². The van der Waals surface area contributed by atoms with E-state index < -0.39 is 28.2 Å². The van der Waals surface area contributed by atoms with Crippen molar-refractivity contribution >= 4 is 32.7 Å². The maximum atomic E-state index is 13.1. The molecule has 0 radical (unpaired) electrons. The van der Waals surface area contributed by atoms with E-state index in [1.807, 2.05) is 6.07 Å². The molecule has 0 spiro atoms. The number of fused-ring (bicyclic) bond motifs is 1. The largest absolute Gasteiger partial charge is 0.497 e. The summed E-state index contributed by atoms with van der Waals surface area (Å²) >= 11 is 0. The number of benzene rings is 2. The third-order valence-corrected chi connectivity index (χ3v) is 7.35. The van der Waals surface area contributed by atoms with Gasteiger partial charge in [0.15, 0.2) is 0 Å². The van der Waals surface area contributed by atoms with Gasteiger partial charge in [-0.15, -0.1) is 0 Å². The molecular weight excluding hydrogens is 591 g/mol. The number of carbonyl (C=O) groups is 1. The molecule has 5 aromatic rings. The van der Waals surface area contributed by atoms with Crippen LogP contribution in [0.5, 0.6) is 5.75 Å². The second kappa shape index (κ2) is 12.6. The number of halogens is 3. The van der Waals surface area contributed by atoms with Crippen molar-refractivity contribution in [3.8, 4) is 23.1 Å². The fourth-order valence-corrected chi connectivity index (χ4v) is 5.06. The van der Waals surface area contributed by atoms with Gasteiger partial charge in [-0.05, 0) is 48.0 Å². The molecule has 0 aliphatic rings. The van der Waals surface area contributed by atoms with Crippen LogP contribution >= 0.6 is 0 Å². The Morgan fingerprint density at radius 2 is 1.91 bits per heavy atom. The number of alkyl halides is 3. The van der Waals surface area contributed by atoms with Gasteiger partial charge < -0.3 is 14.8 Å². The number of carboxylic acids is 1. The molecule has 0 aliphatic carbocycles. The number of nitrogens with zero attached hydrogens (tertiary/aromatic N) is 5. The van der Waals surface area contributed by atoms with E-state index in [0.29, 0.717) is 28.3 Å². The van der Waals surface area contributed by atoms with E-state index in [1.165, 1.54) is 12.4 Å². The highest BCUT2D eigenvalue weighted by Gasteiger charge is 2.38. The van der Waals surface area contributed by atoms with Crippen molar-refractivity contribution in [2.24, 2.45) is 0 Å². The minimum atomic E-state index is -5.08. The van der Waals surface area contributed by atoms with Crippen molar-refractivity contribution in [1.29, 1.82) is 5.26 Å². The molecule has 0 amide bonds. The summed E-state index contributed by atoms with van der Waals surface area (Å²) < 4.78 is 67.2. The molecule has 2 aromatic carbocycles. The maximum Gasteiger partial charge on any atom is 0.490 e. The number of hydrogen-bond acceptors (Lipinski definition) is 8. The lowest BCUT2D eigenvalue weighted by molar-refractivity contribution is -0.192. The van der Waals surface area contributed by atoms with Crippen molar-refractivity contribution in [3.05, 3.63) is 85.1 Å². The minimum absolute atomic E-state index is 0.0796. The SMILES string of the molecule is COc1ccc(NS(=O)(=O)c2cccc(C(CC#N)n3cc(-c4ncnc5[nH]ccc45)cn3)c2)cc1.O=C(O)C(F)(F)F. The van der Waals surface area contributed by atoms with Gasteiger partial charge in [0.1, 0.15) is 17.7 Å². The van der Waals surface area contributed by atoms with Crippen LogP contribution < -0.4 is 9.46 Å². The van der Waals surface area contributed by atoms with Crippen molar-refractivity contribution in [2.45, 2.75) is 23.5 Å². The van der Waals surface area contributed by atoms with Gasteiger partial charge in [0, 0.05) is 29.0 Å². The van der Waals surface area contributed by atoms with Crippen LogP contribution in [0.25, 0.3) is 22.3 Å². The summed E-state index contributed by atoms with van der Waals surface area (Å²) in [4.78, 5) is 20.6. The molecule has 0 saturated carbocycles. The third kappa shape index (κ3) is 7.26. The normalized spacial score (nSPS) is 12.1. The summed E-state index contributed by atoms with van der Waals surface area (Å²) in [7, 11) is -2.32. The van der Waals surface area contributed by atoms with E-state index in [-0.39, 0.29) is 11.3 Å². The number of ether oxygens (including phenoxy) is 1. The molecule has 5 rings (SSSR count). The van der Waals surface area contributed by atoms with E-state index in [9.17, 15) is 26.9 Å². The van der Waals surface area contributed by atoms with Gasteiger partial charge in [0.25, 0.3) is 10.0 Å². The first kappa shape index (κ1) is 30.5. The van der Waals surface area contributed by atoms with Crippen molar-refractivity contribution in [2.75, 3.05) is 11.8 Å². The smallest absolute Gasteiger partial charge is 0.490 e. The molecule has 3 N–H and O–H groups in total. The standard InChI is InChI=1S/C25H21N7O3S.C2HF3O2/c1-35-20-7-5-19(6-8-20)31-36(33,34)21-4-2-3-17(13-21)23(9-11-26)32-15-18(14-30-32)24-22-10-12-27-25(22)29-16-28-24;3-2(4,5)1(6)7/h2-8,10,12-16,23,31H,9H2,1H3,(H,27,28,29);(H,6,7). The van der Waals surface area contributed by atoms with Crippen molar-refractivity contribution in [3.63, 3.8) is 0 Å². The Bertz CT molecular complexity index is 1880. The molecule has 0 saturated heterocycles. The average molecular weight is 614 g/mol. The van der Waals surface area contributed by atoms with Crippen LogP contribution in [0, 0.1) is 11.3 Å². The number of rotatable bonds is 8. The highest BCUT2D eigenvalue weighted by molar-refractivity contribution is 7.92. The first-order valence-electron chi connectivity index (χ1n) is 12.2. The van der Waals surface area contributed by atoms with E-state index in [2.05, 4.69) is 30.8 Å². The van der Waals surface area contributed by atoms with E-state index in [4.69, 9.17) is 14.6 Å². The number of sulfonamides is 1. The van der Waals surface area contributed by atoms with Crippen molar-refractivity contribution < 1.29 is 36.2 Å². The molecule has 3 heterocycles. The lowest BCUT2D eigenvalue weighted by Crippen LogP contribution is -2.21. The number of nitriles is 1. The first-order chi connectivity index (χ1) is 20.4. The zero-order valence-electron chi connectivity index (χ0n) is 22.1. The van der Waals surface area contributed by atoms with Gasteiger partial charge in [-0.1, -0.05) is 12.1 Å². The van der Waals surface area contributed by atoms with Crippen LogP contribution in [0.2, 0.25) is 0 Å². The predicted octanol–water partition coefficient (Wildman–Crippen LogP) is 4.77. The molecule has 0 aliphatic heterocycles. The van der Waals surface area contributed by atoms with E-state index in [1.54, 1.807) is 72.8 Å². The Hall–Kier alpha value is -5.43. The summed E-state index contributed by atoms with van der Waals surface area (Å²) in [5, 5.41) is 22.0. The molecule has 222 valence electrons. The topological polar surface area (TPSA) is 176 Å². The predicted molar refractivity (Wildman–Crippen MR) is 147 cm³/mol. The molecule has 0 fully saturated rings. The second-order valence-electron chi connectivity index (χ2n) is 8.76. The number of aliphatic carboxylic acids is 1. The summed E-state index contributed by atoms with van der Waals surface area (Å²) in [6.07, 6.45) is 1.75. The molecule has 12 nitrogen and oxygen atoms in total. The molecule has 1 unspecified atom stereocenters. The first-order valence-corrected chi connectivity index (χ1v) is 13.7. The average Bonchev–Trinajstić information content (AvgIpc) is 3.66. The van der Waals surface area contributed by atoms with Gasteiger partial charge in [-0.2, -0.15) is 23.5 Å². The van der Waals surface area contributed by atoms with Crippen LogP contribution in [0.1, 0.15) is 18.0 Å². The van der Waals surface area contributed by atoms with Crippen LogP contribution in [0.3, 0.4) is 0 Å². The number of anilines is 1. The molecular formula is C27H22F3N7O5S. The monoisotopic (exact) mass is 613 g/mol. The number of aromatic amines is 1. The van der Waals surface area contributed by atoms with E-state index >= 15 is 0 Å². The van der Waals surface area contributed by atoms with Crippen LogP contribution in [0.15, 0.2) is 84.4 Å². The summed E-state index contributed by atoms with van der Waals surface area (Å²) in [6.45, 7) is 0. The number of H-pyrrole nitrogens is 1. The van der Waals surface area contributed by atoms with E-state index in [0.717, 1.165) is 10.9 Å². The highest BCUT2D eigenvalue weighted by Crippen LogP contribution is 2.29. The molecule has 0 bridgehead atoms. The third-order valence-electron chi connectivity index (χ3n) is 5.97. The lowest BCUT2D eigenvalue weighted by atomic mass is 10.0. The fourth-order valence-electron chi connectivity index (χ4n) is 3.95. The van der Waals surface area contributed by atoms with Gasteiger partial charge in [-0.3, -0.25) is 9.40 Å². The second-order valence-corrected chi connectivity index (χ2v) is 10.4. The number of methoxy groups -OCH3 is 1. The zero-order chi connectivity index (χ0) is 31.2. The Morgan fingerprint density at radius 3 is 2.56 bits per heavy atom. The Labute approximate surface area is 242 Å². The molecule has 3 aromatic heterocycles. The Morgan fingerprint density at radius 1 is 1.19 bits per heavy atom. The van der Waals surface area contributed by atoms with Gasteiger partial charge in [0.05, 0.1) is 42.4 Å². The quantitative estimate of drug-likeness (QED) is 0.223. The van der Waals surface area contributed by atoms with Crippen LogP contribution in [-0.4, -0.2) is 57.5 Å².